The Bertz CT molecular complexity index is 852. The van der Waals surface area contributed by atoms with Gasteiger partial charge >= 0.3 is 0 Å². The zero-order valence-corrected chi connectivity index (χ0v) is 13.2. The first-order chi connectivity index (χ1) is 10.4. The molecular weight excluding hydrogens is 303 g/mol. The first kappa shape index (κ1) is 14.6. The van der Waals surface area contributed by atoms with Gasteiger partial charge in [-0.1, -0.05) is 11.3 Å². The molecule has 1 amide bonds. The summed E-state index contributed by atoms with van der Waals surface area (Å²) in [5.41, 5.74) is 1.92. The lowest BCUT2D eigenvalue weighted by Gasteiger charge is -2.06. The van der Waals surface area contributed by atoms with Crippen LogP contribution in [0.3, 0.4) is 0 Å². The van der Waals surface area contributed by atoms with Crippen molar-refractivity contribution in [3.63, 3.8) is 0 Å². The van der Waals surface area contributed by atoms with Crippen molar-refractivity contribution in [1.82, 2.24) is 14.8 Å². The number of hydrogen-bond acceptors (Lipinski definition) is 4. The number of rotatable bonds is 3. The Morgan fingerprint density at radius 1 is 1.36 bits per heavy atom. The number of benzene rings is 1. The summed E-state index contributed by atoms with van der Waals surface area (Å²) in [6.45, 7) is 5.91. The predicted octanol–water partition coefficient (Wildman–Crippen LogP) is 3.77. The second-order valence-corrected chi connectivity index (χ2v) is 6.33. The highest BCUT2D eigenvalue weighted by Crippen LogP contribution is 2.26. The second-order valence-electron chi connectivity index (χ2n) is 5.29. The second kappa shape index (κ2) is 5.49. The molecule has 0 aliphatic carbocycles. The number of anilines is 1. The van der Waals surface area contributed by atoms with Crippen molar-refractivity contribution < 1.29 is 9.18 Å². The number of aryl methyl sites for hydroxylation is 1. The molecule has 5 nitrogen and oxygen atoms in total. The first-order valence-electron chi connectivity index (χ1n) is 6.87. The van der Waals surface area contributed by atoms with E-state index in [1.54, 1.807) is 16.8 Å². The largest absolute Gasteiger partial charge is 0.296 e. The first-order valence-corrected chi connectivity index (χ1v) is 7.69. The minimum absolute atomic E-state index is 0.187. The average Bonchev–Trinajstić information content (AvgIpc) is 3.01. The third-order valence-corrected chi connectivity index (χ3v) is 4.15. The number of amides is 1. The van der Waals surface area contributed by atoms with Crippen LogP contribution in [0.25, 0.3) is 10.2 Å². The van der Waals surface area contributed by atoms with Gasteiger partial charge in [0.2, 0.25) is 0 Å². The summed E-state index contributed by atoms with van der Waals surface area (Å²) >= 11 is 1.23. The molecule has 0 radical (unpaired) electrons. The Morgan fingerprint density at radius 3 is 2.82 bits per heavy atom. The van der Waals surface area contributed by atoms with Crippen molar-refractivity contribution in [1.29, 1.82) is 0 Å². The van der Waals surface area contributed by atoms with Crippen LogP contribution in [-0.2, 0) is 0 Å². The van der Waals surface area contributed by atoms with Crippen molar-refractivity contribution in [2.75, 3.05) is 5.32 Å². The summed E-state index contributed by atoms with van der Waals surface area (Å²) in [5.74, 6) is -0.637. The zero-order chi connectivity index (χ0) is 15.9. The molecular formula is C15H15FN4OS. The Kier molecular flexibility index (Phi) is 3.66. The van der Waals surface area contributed by atoms with E-state index >= 15 is 0 Å². The molecule has 2 aromatic heterocycles. The number of nitrogens with one attached hydrogen (secondary N) is 1. The van der Waals surface area contributed by atoms with Gasteiger partial charge in [0, 0.05) is 11.7 Å². The van der Waals surface area contributed by atoms with E-state index in [2.05, 4.69) is 15.4 Å². The SMILES string of the molecule is Cc1cc(C(=O)Nc2nc3ccc(F)cc3s2)nn1C(C)C. The molecule has 0 aliphatic heterocycles. The molecule has 0 atom stereocenters. The number of halogens is 1. The van der Waals surface area contributed by atoms with E-state index < -0.39 is 0 Å². The van der Waals surface area contributed by atoms with E-state index in [-0.39, 0.29) is 17.8 Å². The Morgan fingerprint density at radius 2 is 2.14 bits per heavy atom. The lowest BCUT2D eigenvalue weighted by molar-refractivity contribution is 0.102. The normalized spacial score (nSPS) is 11.3. The number of fused-ring (bicyclic) bond motifs is 1. The third kappa shape index (κ3) is 2.71. The molecule has 1 N–H and O–H groups in total. The maximum atomic E-state index is 13.2. The van der Waals surface area contributed by atoms with E-state index in [9.17, 15) is 9.18 Å². The van der Waals surface area contributed by atoms with Crippen LogP contribution >= 0.6 is 11.3 Å². The summed E-state index contributed by atoms with van der Waals surface area (Å²) < 4.78 is 15.7. The fourth-order valence-corrected chi connectivity index (χ4v) is 3.12. The molecule has 114 valence electrons. The fraction of sp³-hybridized carbons (Fsp3) is 0.267. The van der Waals surface area contributed by atoms with Crippen LogP contribution in [0.5, 0.6) is 0 Å². The van der Waals surface area contributed by atoms with Gasteiger partial charge in [0.1, 0.15) is 5.82 Å². The lowest BCUT2D eigenvalue weighted by atomic mass is 10.3. The molecule has 0 aliphatic rings. The smallest absolute Gasteiger partial charge is 0.277 e. The summed E-state index contributed by atoms with van der Waals surface area (Å²) in [6.07, 6.45) is 0. The number of carbonyl (C=O) groups is 1. The molecule has 0 spiro atoms. The molecule has 2 heterocycles. The summed E-state index contributed by atoms with van der Waals surface area (Å²) in [4.78, 5) is 16.5. The van der Waals surface area contributed by atoms with E-state index in [1.165, 1.54) is 23.5 Å². The quantitative estimate of drug-likeness (QED) is 0.799. The van der Waals surface area contributed by atoms with Crippen molar-refractivity contribution in [2.45, 2.75) is 26.8 Å². The van der Waals surface area contributed by atoms with Gasteiger partial charge in [0.05, 0.1) is 10.2 Å². The van der Waals surface area contributed by atoms with Gasteiger partial charge in [0.15, 0.2) is 10.8 Å². The van der Waals surface area contributed by atoms with Crippen LogP contribution in [0.15, 0.2) is 24.3 Å². The average molecular weight is 318 g/mol. The molecule has 0 fully saturated rings. The maximum Gasteiger partial charge on any atom is 0.277 e. The molecule has 3 aromatic rings. The van der Waals surface area contributed by atoms with Crippen molar-refractivity contribution in [3.8, 4) is 0 Å². The van der Waals surface area contributed by atoms with Gasteiger partial charge in [-0.15, -0.1) is 0 Å². The van der Waals surface area contributed by atoms with Gasteiger partial charge in [-0.05, 0) is 45.0 Å². The maximum absolute atomic E-state index is 13.2. The predicted molar refractivity (Wildman–Crippen MR) is 84.9 cm³/mol. The van der Waals surface area contributed by atoms with Crippen molar-refractivity contribution >= 4 is 32.6 Å². The van der Waals surface area contributed by atoms with E-state index in [0.717, 1.165) is 5.69 Å². The topological polar surface area (TPSA) is 59.8 Å². The summed E-state index contributed by atoms with van der Waals surface area (Å²) in [5, 5.41) is 7.44. The van der Waals surface area contributed by atoms with Crippen LogP contribution in [-0.4, -0.2) is 20.7 Å². The molecule has 1 aromatic carbocycles. The standard InChI is InChI=1S/C15H15FN4OS/c1-8(2)20-9(3)6-12(19-20)14(21)18-15-17-11-5-4-10(16)7-13(11)22-15/h4-8H,1-3H3,(H,17,18,21). The fourth-order valence-electron chi connectivity index (χ4n) is 2.23. The zero-order valence-electron chi connectivity index (χ0n) is 12.4. The van der Waals surface area contributed by atoms with Crippen LogP contribution in [0, 0.1) is 12.7 Å². The Balaban J connectivity index is 1.84. The highest BCUT2D eigenvalue weighted by Gasteiger charge is 2.15. The number of thiazole rings is 1. The summed E-state index contributed by atoms with van der Waals surface area (Å²) in [7, 11) is 0. The Labute approximate surface area is 130 Å². The van der Waals surface area contributed by atoms with Crippen LogP contribution in [0.2, 0.25) is 0 Å². The van der Waals surface area contributed by atoms with Crippen molar-refractivity contribution in [2.24, 2.45) is 0 Å². The molecule has 3 rings (SSSR count). The highest BCUT2D eigenvalue weighted by atomic mass is 32.1. The third-order valence-electron chi connectivity index (χ3n) is 3.22. The molecule has 0 saturated carbocycles. The minimum atomic E-state index is -0.319. The number of carbonyl (C=O) groups excluding carboxylic acids is 1. The van der Waals surface area contributed by atoms with Gasteiger partial charge in [-0.25, -0.2) is 9.37 Å². The number of nitrogens with zero attached hydrogens (tertiary/aromatic N) is 3. The van der Waals surface area contributed by atoms with Crippen molar-refractivity contribution in [3.05, 3.63) is 41.5 Å². The molecule has 22 heavy (non-hydrogen) atoms. The monoisotopic (exact) mass is 318 g/mol. The van der Waals surface area contributed by atoms with Gasteiger partial charge in [0.25, 0.3) is 5.91 Å². The van der Waals surface area contributed by atoms with Gasteiger partial charge in [-0.3, -0.25) is 14.8 Å². The summed E-state index contributed by atoms with van der Waals surface area (Å²) in [6, 6.07) is 6.27. The Hall–Kier alpha value is -2.28. The van der Waals surface area contributed by atoms with E-state index in [0.29, 0.717) is 21.0 Å². The minimum Gasteiger partial charge on any atom is -0.296 e. The molecule has 7 heteroatoms. The molecule has 0 bridgehead atoms. The number of hydrogen-bond donors (Lipinski definition) is 1. The van der Waals surface area contributed by atoms with Gasteiger partial charge in [-0.2, -0.15) is 5.10 Å². The van der Waals surface area contributed by atoms with E-state index in [4.69, 9.17) is 0 Å². The molecule has 0 saturated heterocycles. The molecule has 0 unspecified atom stereocenters. The van der Waals surface area contributed by atoms with Crippen LogP contribution < -0.4 is 5.32 Å². The van der Waals surface area contributed by atoms with E-state index in [1.807, 2.05) is 20.8 Å². The van der Waals surface area contributed by atoms with Crippen LogP contribution in [0.4, 0.5) is 9.52 Å². The number of aromatic nitrogens is 3. The van der Waals surface area contributed by atoms with Gasteiger partial charge < -0.3 is 0 Å². The lowest BCUT2D eigenvalue weighted by Crippen LogP contribution is -2.13. The van der Waals surface area contributed by atoms with Crippen LogP contribution in [0.1, 0.15) is 36.1 Å². The highest BCUT2D eigenvalue weighted by molar-refractivity contribution is 7.22.